The number of aromatic nitrogens is 2. The third-order valence-corrected chi connectivity index (χ3v) is 3.06. The van der Waals surface area contributed by atoms with Crippen molar-refractivity contribution in [1.82, 2.24) is 9.97 Å². The largest absolute Gasteiger partial charge is 0.379 e. The van der Waals surface area contributed by atoms with E-state index in [4.69, 9.17) is 10.5 Å². The van der Waals surface area contributed by atoms with E-state index in [-0.39, 0.29) is 17.2 Å². The first-order valence-electron chi connectivity index (χ1n) is 6.92. The van der Waals surface area contributed by atoms with Gasteiger partial charge in [-0.1, -0.05) is 19.4 Å². The maximum atomic E-state index is 14.0. The molecule has 2 N–H and O–H groups in total. The number of nitrogens with zero attached hydrogens (tertiary/aromatic N) is 3. The van der Waals surface area contributed by atoms with Gasteiger partial charge in [0.15, 0.2) is 5.82 Å². The number of aliphatic imine (C=N–C) groups is 1. The first kappa shape index (κ1) is 15.3. The van der Waals surface area contributed by atoms with Gasteiger partial charge in [-0.15, -0.1) is 0 Å². The van der Waals surface area contributed by atoms with Crippen LogP contribution in [0.5, 0.6) is 0 Å². The number of methoxy groups -OCH3 is 1. The molecule has 1 aromatic heterocycles. The summed E-state index contributed by atoms with van der Waals surface area (Å²) < 4.78 is 19.2. The minimum absolute atomic E-state index is 0.0825. The van der Waals surface area contributed by atoms with Crippen molar-refractivity contribution in [3.63, 3.8) is 0 Å². The molecule has 0 aliphatic heterocycles. The number of benzene rings is 1. The third kappa shape index (κ3) is 3.72. The van der Waals surface area contributed by atoms with E-state index >= 15 is 0 Å². The molecule has 0 bridgehead atoms. The molecule has 2 aromatic rings. The Morgan fingerprint density at radius 2 is 2.19 bits per heavy atom. The second kappa shape index (κ2) is 7.08. The summed E-state index contributed by atoms with van der Waals surface area (Å²) >= 11 is 0. The zero-order valence-corrected chi connectivity index (χ0v) is 12.3. The number of unbranched alkanes of at least 4 members (excludes halogenated alkanes) is 1. The predicted molar refractivity (Wildman–Crippen MR) is 82.4 cm³/mol. The molecule has 112 valence electrons. The fourth-order valence-electron chi connectivity index (χ4n) is 2.08. The summed E-state index contributed by atoms with van der Waals surface area (Å²) in [6.07, 6.45) is 2.82. The summed E-state index contributed by atoms with van der Waals surface area (Å²) in [5.41, 5.74) is 6.95. The fraction of sp³-hybridized carbons (Fsp3) is 0.400. The van der Waals surface area contributed by atoms with Crippen LogP contribution in [0.1, 0.15) is 26.2 Å². The molecule has 0 atom stereocenters. The molecule has 2 rings (SSSR count). The summed E-state index contributed by atoms with van der Waals surface area (Å²) in [5, 5.41) is 0.289. The predicted octanol–water partition coefficient (Wildman–Crippen LogP) is 3.26. The van der Waals surface area contributed by atoms with Gasteiger partial charge in [-0.2, -0.15) is 4.98 Å². The fourth-order valence-corrected chi connectivity index (χ4v) is 2.08. The normalized spacial score (nSPS) is 12.0. The topological polar surface area (TPSA) is 73.4 Å². The van der Waals surface area contributed by atoms with Crippen molar-refractivity contribution in [1.29, 1.82) is 0 Å². The zero-order chi connectivity index (χ0) is 15.2. The second-order valence-corrected chi connectivity index (χ2v) is 4.75. The molecule has 0 saturated carbocycles. The van der Waals surface area contributed by atoms with Crippen molar-refractivity contribution in [2.75, 3.05) is 19.5 Å². The highest BCUT2D eigenvalue weighted by Gasteiger charge is 2.11. The van der Waals surface area contributed by atoms with Crippen molar-refractivity contribution >= 4 is 28.4 Å². The maximum absolute atomic E-state index is 14.0. The molecular weight excluding hydrogens is 271 g/mol. The molecule has 1 heterocycles. The monoisotopic (exact) mass is 290 g/mol. The molecule has 6 heteroatoms. The third-order valence-electron chi connectivity index (χ3n) is 3.06. The number of nitrogen functional groups attached to an aromatic ring is 1. The van der Waals surface area contributed by atoms with Crippen molar-refractivity contribution in [2.24, 2.45) is 4.99 Å². The Kier molecular flexibility index (Phi) is 5.16. The number of hydrogen-bond acceptors (Lipinski definition) is 5. The lowest BCUT2D eigenvalue weighted by molar-refractivity contribution is 0.243. The lowest BCUT2D eigenvalue weighted by atomic mass is 10.2. The molecule has 0 radical (unpaired) electrons. The van der Waals surface area contributed by atoms with Gasteiger partial charge >= 0.3 is 0 Å². The van der Waals surface area contributed by atoms with E-state index in [1.807, 2.05) is 0 Å². The molecule has 1 aromatic carbocycles. The van der Waals surface area contributed by atoms with E-state index in [1.165, 1.54) is 6.07 Å². The highest BCUT2D eigenvalue weighted by Crippen LogP contribution is 2.26. The van der Waals surface area contributed by atoms with Gasteiger partial charge in [-0.05, 0) is 25.0 Å². The standard InChI is InChI=1S/C15H19FN4O/c1-3-4-6-10(9-21-2)18-14-13-11(16)7-5-8-12(13)19-15(17)20-14/h5,7-8H,3-4,6,9H2,1-2H3,(H2,17,19,20). The first-order valence-corrected chi connectivity index (χ1v) is 6.92. The molecule has 0 amide bonds. The molecule has 0 unspecified atom stereocenters. The van der Waals surface area contributed by atoms with Crippen LogP contribution in [0.4, 0.5) is 16.2 Å². The number of halogens is 1. The van der Waals surface area contributed by atoms with Crippen LogP contribution in [0.25, 0.3) is 10.9 Å². The van der Waals surface area contributed by atoms with E-state index in [0.717, 1.165) is 25.0 Å². The molecule has 0 aliphatic rings. The van der Waals surface area contributed by atoms with Crippen molar-refractivity contribution in [2.45, 2.75) is 26.2 Å². The van der Waals surface area contributed by atoms with Crippen LogP contribution in [-0.2, 0) is 4.74 Å². The molecule has 0 saturated heterocycles. The van der Waals surface area contributed by atoms with E-state index in [9.17, 15) is 4.39 Å². The van der Waals surface area contributed by atoms with Gasteiger partial charge in [0.1, 0.15) is 5.82 Å². The summed E-state index contributed by atoms with van der Waals surface area (Å²) in [7, 11) is 1.61. The number of nitrogens with two attached hydrogens (primary N) is 1. The maximum Gasteiger partial charge on any atom is 0.222 e. The molecule has 0 spiro atoms. The van der Waals surface area contributed by atoms with Crippen LogP contribution in [-0.4, -0.2) is 29.4 Å². The van der Waals surface area contributed by atoms with Crippen LogP contribution < -0.4 is 5.73 Å². The smallest absolute Gasteiger partial charge is 0.222 e. The Labute approximate surface area is 123 Å². The number of anilines is 1. The highest BCUT2D eigenvalue weighted by atomic mass is 19.1. The van der Waals surface area contributed by atoms with Gasteiger partial charge in [0.2, 0.25) is 5.95 Å². The summed E-state index contributed by atoms with van der Waals surface area (Å²) in [6, 6.07) is 4.64. The number of rotatable bonds is 6. The molecule has 0 fully saturated rings. The van der Waals surface area contributed by atoms with Crippen LogP contribution in [0.3, 0.4) is 0 Å². The summed E-state index contributed by atoms with van der Waals surface area (Å²) in [6.45, 7) is 2.49. The molecule has 0 aliphatic carbocycles. The van der Waals surface area contributed by atoms with E-state index in [2.05, 4.69) is 21.9 Å². The average Bonchev–Trinajstić information content (AvgIpc) is 2.44. The van der Waals surface area contributed by atoms with E-state index < -0.39 is 5.82 Å². The summed E-state index contributed by atoms with van der Waals surface area (Å²) in [5.74, 6) is -0.0589. The van der Waals surface area contributed by atoms with Crippen LogP contribution in [0.15, 0.2) is 23.2 Å². The van der Waals surface area contributed by atoms with Gasteiger partial charge < -0.3 is 10.5 Å². The minimum atomic E-state index is -0.404. The van der Waals surface area contributed by atoms with Crippen molar-refractivity contribution in [3.8, 4) is 0 Å². The Morgan fingerprint density at radius 3 is 2.90 bits per heavy atom. The van der Waals surface area contributed by atoms with Gasteiger partial charge in [0.25, 0.3) is 0 Å². The minimum Gasteiger partial charge on any atom is -0.379 e. The Bertz CT molecular complexity index is 657. The Balaban J connectivity index is 2.52. The van der Waals surface area contributed by atoms with Gasteiger partial charge in [0, 0.05) is 12.8 Å². The van der Waals surface area contributed by atoms with E-state index in [1.54, 1.807) is 19.2 Å². The number of hydrogen-bond donors (Lipinski definition) is 1. The average molecular weight is 290 g/mol. The Hall–Kier alpha value is -2.08. The molecule has 5 nitrogen and oxygen atoms in total. The quantitative estimate of drug-likeness (QED) is 0.829. The summed E-state index contributed by atoms with van der Waals surface area (Å²) in [4.78, 5) is 12.6. The lowest BCUT2D eigenvalue weighted by Crippen LogP contribution is -2.07. The second-order valence-electron chi connectivity index (χ2n) is 4.75. The first-order chi connectivity index (χ1) is 10.2. The zero-order valence-electron chi connectivity index (χ0n) is 12.3. The van der Waals surface area contributed by atoms with Crippen LogP contribution in [0.2, 0.25) is 0 Å². The van der Waals surface area contributed by atoms with Gasteiger partial charge in [0.05, 0.1) is 17.5 Å². The SMILES string of the molecule is CCCCC(COC)=Nc1nc(N)nc2cccc(F)c12. The highest BCUT2D eigenvalue weighted by molar-refractivity contribution is 5.94. The Morgan fingerprint density at radius 1 is 1.38 bits per heavy atom. The molecule has 21 heavy (non-hydrogen) atoms. The van der Waals surface area contributed by atoms with E-state index in [0.29, 0.717) is 12.1 Å². The lowest BCUT2D eigenvalue weighted by Gasteiger charge is -2.07. The molecular formula is C15H19FN4O. The van der Waals surface area contributed by atoms with Crippen LogP contribution >= 0.6 is 0 Å². The number of ether oxygens (including phenoxy) is 1. The number of fused-ring (bicyclic) bond motifs is 1. The van der Waals surface area contributed by atoms with Crippen molar-refractivity contribution in [3.05, 3.63) is 24.0 Å². The van der Waals surface area contributed by atoms with Gasteiger partial charge in [-0.3, -0.25) is 0 Å². The van der Waals surface area contributed by atoms with Gasteiger partial charge in [-0.25, -0.2) is 14.4 Å². The van der Waals surface area contributed by atoms with Crippen LogP contribution in [0, 0.1) is 5.82 Å². The van der Waals surface area contributed by atoms with Crippen molar-refractivity contribution < 1.29 is 9.13 Å².